The zero-order valence-corrected chi connectivity index (χ0v) is 10.8. The Morgan fingerprint density at radius 1 is 1.11 bits per heavy atom. The molecule has 4 nitrogen and oxygen atoms in total. The predicted octanol–water partition coefficient (Wildman–Crippen LogP) is 2.35. The second-order valence-electron chi connectivity index (χ2n) is 4.10. The van der Waals surface area contributed by atoms with Crippen LogP contribution in [0.5, 0.6) is 0 Å². The van der Waals surface area contributed by atoms with Gasteiger partial charge in [0.1, 0.15) is 5.82 Å². The smallest absolute Gasteiger partial charge is 0.255 e. The van der Waals surface area contributed by atoms with E-state index in [0.717, 1.165) is 5.69 Å². The van der Waals surface area contributed by atoms with Crippen molar-refractivity contribution in [2.45, 2.75) is 13.1 Å². The van der Waals surface area contributed by atoms with Gasteiger partial charge in [0.2, 0.25) is 0 Å². The SMILES string of the molecule is O=c1[nH]c(-c2cc(Cl)cc(Cl)c2)nc2c1CNC2. The molecule has 6 heteroatoms. The first kappa shape index (κ1) is 11.7. The zero-order valence-electron chi connectivity index (χ0n) is 9.26. The lowest BCUT2D eigenvalue weighted by atomic mass is 10.2. The number of aromatic nitrogens is 2. The van der Waals surface area contributed by atoms with Crippen molar-refractivity contribution in [3.63, 3.8) is 0 Å². The maximum Gasteiger partial charge on any atom is 0.255 e. The van der Waals surface area contributed by atoms with Crippen LogP contribution in [0.25, 0.3) is 11.4 Å². The fourth-order valence-corrected chi connectivity index (χ4v) is 2.53. The highest BCUT2D eigenvalue weighted by Crippen LogP contribution is 2.25. The molecule has 0 unspecified atom stereocenters. The second kappa shape index (κ2) is 4.39. The van der Waals surface area contributed by atoms with Gasteiger partial charge >= 0.3 is 0 Å². The summed E-state index contributed by atoms with van der Waals surface area (Å²) in [4.78, 5) is 19.1. The van der Waals surface area contributed by atoms with Gasteiger partial charge in [-0.05, 0) is 18.2 Å². The lowest BCUT2D eigenvalue weighted by Crippen LogP contribution is -2.15. The van der Waals surface area contributed by atoms with Gasteiger partial charge < -0.3 is 10.3 Å². The maximum atomic E-state index is 11.9. The lowest BCUT2D eigenvalue weighted by molar-refractivity contribution is 0.757. The van der Waals surface area contributed by atoms with E-state index in [1.54, 1.807) is 18.2 Å². The zero-order chi connectivity index (χ0) is 12.7. The molecule has 0 bridgehead atoms. The first-order valence-electron chi connectivity index (χ1n) is 5.43. The third-order valence-corrected chi connectivity index (χ3v) is 3.27. The van der Waals surface area contributed by atoms with Gasteiger partial charge in [-0.15, -0.1) is 0 Å². The number of H-pyrrole nitrogens is 1. The molecule has 1 aromatic carbocycles. The molecule has 1 aliphatic rings. The van der Waals surface area contributed by atoms with Crippen LogP contribution >= 0.6 is 23.2 Å². The van der Waals surface area contributed by atoms with Gasteiger partial charge in [-0.1, -0.05) is 23.2 Å². The van der Waals surface area contributed by atoms with E-state index in [1.165, 1.54) is 0 Å². The van der Waals surface area contributed by atoms with Crippen molar-refractivity contribution in [2.24, 2.45) is 0 Å². The van der Waals surface area contributed by atoms with Crippen molar-refractivity contribution < 1.29 is 0 Å². The third-order valence-electron chi connectivity index (χ3n) is 2.83. The minimum Gasteiger partial charge on any atom is -0.307 e. The third kappa shape index (κ3) is 2.03. The molecule has 1 aromatic heterocycles. The molecule has 2 aromatic rings. The molecule has 0 amide bonds. The van der Waals surface area contributed by atoms with E-state index in [2.05, 4.69) is 15.3 Å². The maximum absolute atomic E-state index is 11.9. The van der Waals surface area contributed by atoms with Gasteiger partial charge in [-0.2, -0.15) is 0 Å². The molecule has 0 fully saturated rings. The molecule has 3 rings (SSSR count). The summed E-state index contributed by atoms with van der Waals surface area (Å²) in [5.41, 5.74) is 2.08. The van der Waals surface area contributed by atoms with Crippen molar-refractivity contribution in [2.75, 3.05) is 0 Å². The molecule has 2 heterocycles. The molecule has 2 N–H and O–H groups in total. The van der Waals surface area contributed by atoms with E-state index in [9.17, 15) is 4.79 Å². The number of halogens is 2. The predicted molar refractivity (Wildman–Crippen MR) is 70.9 cm³/mol. The molecule has 0 aliphatic carbocycles. The molecule has 0 spiro atoms. The van der Waals surface area contributed by atoms with Crippen LogP contribution in [0, 0.1) is 0 Å². The van der Waals surface area contributed by atoms with Gasteiger partial charge in [0, 0.05) is 28.7 Å². The largest absolute Gasteiger partial charge is 0.307 e. The van der Waals surface area contributed by atoms with Crippen molar-refractivity contribution >= 4 is 23.2 Å². The van der Waals surface area contributed by atoms with Crippen LogP contribution in [0.15, 0.2) is 23.0 Å². The topological polar surface area (TPSA) is 57.8 Å². The van der Waals surface area contributed by atoms with E-state index in [0.29, 0.717) is 40.1 Å². The van der Waals surface area contributed by atoms with Crippen LogP contribution in [-0.4, -0.2) is 9.97 Å². The Bertz CT molecular complexity index is 661. The Labute approximate surface area is 113 Å². The van der Waals surface area contributed by atoms with Crippen LogP contribution in [-0.2, 0) is 13.1 Å². The van der Waals surface area contributed by atoms with Crippen LogP contribution < -0.4 is 10.9 Å². The molecule has 92 valence electrons. The number of nitrogens with zero attached hydrogens (tertiary/aromatic N) is 1. The first-order chi connectivity index (χ1) is 8.63. The summed E-state index contributed by atoms with van der Waals surface area (Å²) in [5.74, 6) is 0.492. The van der Waals surface area contributed by atoms with E-state index in [1.807, 2.05) is 0 Å². The Morgan fingerprint density at radius 3 is 2.56 bits per heavy atom. The Kier molecular flexibility index (Phi) is 2.86. The minimum atomic E-state index is -0.115. The van der Waals surface area contributed by atoms with Crippen LogP contribution in [0.3, 0.4) is 0 Å². The van der Waals surface area contributed by atoms with Gasteiger partial charge in [-0.25, -0.2) is 4.98 Å². The second-order valence-corrected chi connectivity index (χ2v) is 4.97. The fraction of sp³-hybridized carbons (Fsp3) is 0.167. The summed E-state index contributed by atoms with van der Waals surface area (Å²) in [6, 6.07) is 5.08. The van der Waals surface area contributed by atoms with Gasteiger partial charge in [0.05, 0.1) is 11.3 Å². The number of hydrogen-bond acceptors (Lipinski definition) is 3. The number of hydrogen-bond donors (Lipinski definition) is 2. The monoisotopic (exact) mass is 281 g/mol. The van der Waals surface area contributed by atoms with Gasteiger partial charge in [0.25, 0.3) is 5.56 Å². The molecular weight excluding hydrogens is 273 g/mol. The highest BCUT2D eigenvalue weighted by atomic mass is 35.5. The molecule has 0 atom stereocenters. The highest BCUT2D eigenvalue weighted by molar-refractivity contribution is 6.35. The minimum absolute atomic E-state index is 0.115. The molecule has 0 saturated heterocycles. The van der Waals surface area contributed by atoms with Crippen LogP contribution in [0.2, 0.25) is 10.0 Å². The summed E-state index contributed by atoms with van der Waals surface area (Å²) < 4.78 is 0. The number of fused-ring (bicyclic) bond motifs is 1. The number of aromatic amines is 1. The average Bonchev–Trinajstić information content (AvgIpc) is 2.76. The van der Waals surface area contributed by atoms with E-state index in [4.69, 9.17) is 23.2 Å². The lowest BCUT2D eigenvalue weighted by Gasteiger charge is -2.04. The molecule has 18 heavy (non-hydrogen) atoms. The fourth-order valence-electron chi connectivity index (χ4n) is 2.01. The Hall–Kier alpha value is -1.36. The van der Waals surface area contributed by atoms with E-state index < -0.39 is 0 Å². The summed E-state index contributed by atoms with van der Waals surface area (Å²) in [5, 5.41) is 4.12. The molecule has 1 aliphatic heterocycles. The van der Waals surface area contributed by atoms with Crippen molar-refractivity contribution in [3.8, 4) is 11.4 Å². The normalized spacial score (nSPS) is 13.7. The number of benzene rings is 1. The van der Waals surface area contributed by atoms with Crippen molar-refractivity contribution in [3.05, 3.63) is 49.9 Å². The Morgan fingerprint density at radius 2 is 1.83 bits per heavy atom. The number of rotatable bonds is 1. The van der Waals surface area contributed by atoms with Crippen LogP contribution in [0.4, 0.5) is 0 Å². The van der Waals surface area contributed by atoms with E-state index >= 15 is 0 Å². The highest BCUT2D eigenvalue weighted by Gasteiger charge is 2.17. The first-order valence-corrected chi connectivity index (χ1v) is 6.18. The average molecular weight is 282 g/mol. The van der Waals surface area contributed by atoms with Crippen molar-refractivity contribution in [1.82, 2.24) is 15.3 Å². The summed E-state index contributed by atoms with van der Waals surface area (Å²) in [7, 11) is 0. The standard InChI is InChI=1S/C12H9Cl2N3O/c13-7-1-6(2-8(14)3-7)11-16-10-5-15-4-9(10)12(18)17-11/h1-3,15H,4-5H2,(H,16,17,18). The molecular formula is C12H9Cl2N3O. The summed E-state index contributed by atoms with van der Waals surface area (Å²) in [6.07, 6.45) is 0. The Balaban J connectivity index is 2.18. The number of nitrogens with one attached hydrogen (secondary N) is 2. The van der Waals surface area contributed by atoms with Crippen LogP contribution in [0.1, 0.15) is 11.3 Å². The quantitative estimate of drug-likeness (QED) is 0.844. The summed E-state index contributed by atoms with van der Waals surface area (Å²) in [6.45, 7) is 1.18. The van der Waals surface area contributed by atoms with E-state index in [-0.39, 0.29) is 5.56 Å². The molecule has 0 saturated carbocycles. The van der Waals surface area contributed by atoms with Gasteiger partial charge in [-0.3, -0.25) is 4.79 Å². The molecule has 0 radical (unpaired) electrons. The van der Waals surface area contributed by atoms with Crippen molar-refractivity contribution in [1.29, 1.82) is 0 Å². The summed E-state index contributed by atoms with van der Waals surface area (Å²) >= 11 is 11.9. The van der Waals surface area contributed by atoms with Gasteiger partial charge in [0.15, 0.2) is 0 Å².